The molecule has 3 N–H and O–H groups in total. The predicted octanol–water partition coefficient (Wildman–Crippen LogP) is 1.23. The van der Waals surface area contributed by atoms with Crippen LogP contribution < -0.4 is 16.1 Å². The van der Waals surface area contributed by atoms with Crippen molar-refractivity contribution >= 4 is 23.8 Å². The van der Waals surface area contributed by atoms with E-state index in [1.54, 1.807) is 43.3 Å². The van der Waals surface area contributed by atoms with Gasteiger partial charge in [0.2, 0.25) is 5.91 Å². The Balaban J connectivity index is 1.59. The summed E-state index contributed by atoms with van der Waals surface area (Å²) in [7, 11) is 0. The Labute approximate surface area is 168 Å². The van der Waals surface area contributed by atoms with E-state index in [1.807, 2.05) is 24.3 Å². The molecular weight excluding hydrogens is 372 g/mol. The van der Waals surface area contributed by atoms with E-state index in [1.165, 1.54) is 0 Å². The van der Waals surface area contributed by atoms with Crippen LogP contribution in [0.2, 0.25) is 0 Å². The third-order valence-electron chi connectivity index (χ3n) is 4.78. The van der Waals surface area contributed by atoms with Crippen LogP contribution >= 0.6 is 0 Å². The van der Waals surface area contributed by atoms with Crippen molar-refractivity contribution in [2.75, 3.05) is 6.54 Å². The molecule has 5 amide bonds. The molecule has 1 heterocycles. The van der Waals surface area contributed by atoms with Crippen molar-refractivity contribution in [3.05, 3.63) is 71.8 Å². The second-order valence-electron chi connectivity index (χ2n) is 6.67. The highest BCUT2D eigenvalue weighted by molar-refractivity contribution is 6.08. The zero-order valence-corrected chi connectivity index (χ0v) is 16.0. The predicted molar refractivity (Wildman–Crippen MR) is 105 cm³/mol. The lowest BCUT2D eigenvalue weighted by Gasteiger charge is -2.25. The number of hydrogen-bond acceptors (Lipinski definition) is 4. The van der Waals surface area contributed by atoms with E-state index in [4.69, 9.17) is 0 Å². The number of urea groups is 1. The molecule has 150 valence electrons. The smallest absolute Gasteiger partial charge is 0.344 e. The van der Waals surface area contributed by atoms with Gasteiger partial charge in [-0.05, 0) is 17.5 Å². The Morgan fingerprint density at radius 2 is 1.59 bits per heavy atom. The van der Waals surface area contributed by atoms with Crippen LogP contribution in [0.25, 0.3) is 0 Å². The van der Waals surface area contributed by atoms with Gasteiger partial charge in [0, 0.05) is 0 Å². The van der Waals surface area contributed by atoms with E-state index < -0.39 is 23.4 Å². The molecule has 1 atom stereocenters. The maximum Gasteiger partial charge on any atom is 0.344 e. The quantitative estimate of drug-likeness (QED) is 0.614. The van der Waals surface area contributed by atoms with E-state index in [9.17, 15) is 19.2 Å². The molecule has 8 heteroatoms. The number of hydrogen-bond donors (Lipinski definition) is 3. The topological polar surface area (TPSA) is 108 Å². The highest BCUT2D eigenvalue weighted by Crippen LogP contribution is 2.31. The molecule has 1 saturated heterocycles. The molecule has 0 aromatic heterocycles. The molecule has 2 aromatic rings. The SMILES string of the molecule is CC[C@]1(c2ccccc2)NC(=O)N(NC(=O)CNC(=O)Cc2ccccc2)C1=O. The largest absolute Gasteiger partial charge is 0.347 e. The van der Waals surface area contributed by atoms with Crippen molar-refractivity contribution in [3.63, 3.8) is 0 Å². The minimum absolute atomic E-state index is 0.129. The fraction of sp³-hybridized carbons (Fsp3) is 0.238. The number of carbonyl (C=O) groups excluding carboxylic acids is 4. The van der Waals surface area contributed by atoms with Gasteiger partial charge in [-0.3, -0.25) is 19.8 Å². The van der Waals surface area contributed by atoms with Crippen LogP contribution in [0.1, 0.15) is 24.5 Å². The van der Waals surface area contributed by atoms with Crippen LogP contribution in [0.15, 0.2) is 60.7 Å². The van der Waals surface area contributed by atoms with Crippen molar-refractivity contribution in [3.8, 4) is 0 Å². The summed E-state index contributed by atoms with van der Waals surface area (Å²) in [5.41, 5.74) is 2.49. The second kappa shape index (κ2) is 8.55. The lowest BCUT2D eigenvalue weighted by Crippen LogP contribution is -2.51. The molecule has 2 aromatic carbocycles. The molecule has 8 nitrogen and oxygen atoms in total. The van der Waals surface area contributed by atoms with Gasteiger partial charge in [0.25, 0.3) is 11.8 Å². The average molecular weight is 394 g/mol. The first-order valence-corrected chi connectivity index (χ1v) is 9.28. The van der Waals surface area contributed by atoms with E-state index in [0.717, 1.165) is 5.56 Å². The first-order valence-electron chi connectivity index (χ1n) is 9.28. The number of carbonyl (C=O) groups is 4. The number of nitrogens with one attached hydrogen (secondary N) is 3. The van der Waals surface area contributed by atoms with Crippen molar-refractivity contribution in [2.45, 2.75) is 25.3 Å². The summed E-state index contributed by atoms with van der Waals surface area (Å²) in [6, 6.07) is 17.2. The lowest BCUT2D eigenvalue weighted by molar-refractivity contribution is -0.139. The summed E-state index contributed by atoms with van der Waals surface area (Å²) in [5, 5.41) is 5.82. The van der Waals surface area contributed by atoms with Crippen LogP contribution in [0, 0.1) is 0 Å². The number of nitrogens with zero attached hydrogens (tertiary/aromatic N) is 1. The highest BCUT2D eigenvalue weighted by Gasteiger charge is 2.52. The van der Waals surface area contributed by atoms with Crippen molar-refractivity contribution < 1.29 is 19.2 Å². The van der Waals surface area contributed by atoms with Crippen molar-refractivity contribution in [1.82, 2.24) is 21.1 Å². The van der Waals surface area contributed by atoms with Gasteiger partial charge in [0.15, 0.2) is 0 Å². The Morgan fingerprint density at radius 1 is 0.966 bits per heavy atom. The lowest BCUT2D eigenvalue weighted by atomic mass is 9.87. The average Bonchev–Trinajstić information content (AvgIpc) is 2.99. The summed E-state index contributed by atoms with van der Waals surface area (Å²) in [6.45, 7) is 1.42. The first-order chi connectivity index (χ1) is 14.0. The fourth-order valence-corrected chi connectivity index (χ4v) is 3.23. The molecule has 0 saturated carbocycles. The fourth-order valence-electron chi connectivity index (χ4n) is 3.23. The molecule has 3 rings (SSSR count). The normalized spacial score (nSPS) is 18.3. The van der Waals surface area contributed by atoms with E-state index in [-0.39, 0.29) is 18.9 Å². The standard InChI is InChI=1S/C21H22N4O4/c1-2-21(16-11-7-4-8-12-16)19(28)25(20(29)23-21)24-18(27)14-22-17(26)13-15-9-5-3-6-10-15/h3-12H,2,13-14H2,1H3,(H,22,26)(H,23,29)(H,24,27)/t21-/m1/s1. The first kappa shape index (κ1) is 20.1. The van der Waals surface area contributed by atoms with Gasteiger partial charge < -0.3 is 10.6 Å². The molecular formula is C21H22N4O4. The van der Waals surface area contributed by atoms with Gasteiger partial charge in [-0.15, -0.1) is 0 Å². The summed E-state index contributed by atoms with van der Waals surface area (Å²) in [5.74, 6) is -1.58. The molecule has 0 aliphatic carbocycles. The van der Waals surface area contributed by atoms with Gasteiger partial charge in [-0.2, -0.15) is 5.01 Å². The van der Waals surface area contributed by atoms with Crippen LogP contribution in [0.5, 0.6) is 0 Å². The van der Waals surface area contributed by atoms with Gasteiger partial charge in [-0.25, -0.2) is 4.79 Å². The second-order valence-corrected chi connectivity index (χ2v) is 6.67. The van der Waals surface area contributed by atoms with Crippen LogP contribution in [0.4, 0.5) is 4.79 Å². The maximum atomic E-state index is 12.9. The van der Waals surface area contributed by atoms with Gasteiger partial charge in [0.05, 0.1) is 13.0 Å². The van der Waals surface area contributed by atoms with E-state index in [2.05, 4.69) is 16.1 Å². The monoisotopic (exact) mass is 394 g/mol. The summed E-state index contributed by atoms with van der Waals surface area (Å²) >= 11 is 0. The number of benzene rings is 2. The molecule has 0 radical (unpaired) electrons. The van der Waals surface area contributed by atoms with Gasteiger partial charge >= 0.3 is 6.03 Å². The maximum absolute atomic E-state index is 12.9. The van der Waals surface area contributed by atoms with Crippen LogP contribution in [-0.4, -0.2) is 35.3 Å². The zero-order chi connectivity index (χ0) is 20.9. The molecule has 0 spiro atoms. The zero-order valence-electron chi connectivity index (χ0n) is 16.0. The third-order valence-corrected chi connectivity index (χ3v) is 4.78. The number of imide groups is 1. The van der Waals surface area contributed by atoms with Gasteiger partial charge in [0.1, 0.15) is 5.54 Å². The van der Waals surface area contributed by atoms with Gasteiger partial charge in [-0.1, -0.05) is 67.6 Å². The van der Waals surface area contributed by atoms with Crippen molar-refractivity contribution in [1.29, 1.82) is 0 Å². The Bertz CT molecular complexity index is 917. The molecule has 1 aliphatic rings. The molecule has 0 bridgehead atoms. The number of amides is 5. The summed E-state index contributed by atoms with van der Waals surface area (Å²) in [6.07, 6.45) is 0.450. The number of hydrazine groups is 1. The summed E-state index contributed by atoms with van der Waals surface area (Å²) in [4.78, 5) is 49.4. The van der Waals surface area contributed by atoms with Crippen LogP contribution in [-0.2, 0) is 26.3 Å². The third kappa shape index (κ3) is 4.26. The van der Waals surface area contributed by atoms with Crippen molar-refractivity contribution in [2.24, 2.45) is 0 Å². The molecule has 29 heavy (non-hydrogen) atoms. The van der Waals surface area contributed by atoms with E-state index in [0.29, 0.717) is 17.0 Å². The number of rotatable bonds is 7. The molecule has 0 unspecified atom stereocenters. The Hall–Kier alpha value is -3.68. The summed E-state index contributed by atoms with van der Waals surface area (Å²) < 4.78 is 0. The molecule has 1 aliphatic heterocycles. The minimum Gasteiger partial charge on any atom is -0.347 e. The Kier molecular flexibility index (Phi) is 5.92. The highest BCUT2D eigenvalue weighted by atomic mass is 16.2. The molecule has 1 fully saturated rings. The van der Waals surface area contributed by atoms with Crippen LogP contribution in [0.3, 0.4) is 0 Å². The van der Waals surface area contributed by atoms with E-state index >= 15 is 0 Å². The minimum atomic E-state index is -1.23. The Morgan fingerprint density at radius 3 is 2.21 bits per heavy atom.